The predicted octanol–water partition coefficient (Wildman–Crippen LogP) is 1.41. The van der Waals surface area contributed by atoms with E-state index in [2.05, 4.69) is 31.2 Å². The maximum atomic E-state index is 10.4. The highest BCUT2D eigenvalue weighted by Gasteiger charge is 2.37. The van der Waals surface area contributed by atoms with Crippen LogP contribution in [0, 0.1) is 12.3 Å². The summed E-state index contributed by atoms with van der Waals surface area (Å²) in [6.45, 7) is 6.27. The lowest BCUT2D eigenvalue weighted by Crippen LogP contribution is -2.30. The van der Waals surface area contributed by atoms with E-state index in [1.807, 2.05) is 0 Å². The molecular weight excluding hydrogens is 678 g/mol. The van der Waals surface area contributed by atoms with E-state index in [1.165, 1.54) is 6.42 Å². The van der Waals surface area contributed by atoms with E-state index in [1.54, 1.807) is 10.9 Å². The fraction of sp³-hybridized carbons (Fsp3) is 0.714. The van der Waals surface area contributed by atoms with Crippen LogP contribution in [0.3, 0.4) is 0 Å². The second-order valence-corrected chi connectivity index (χ2v) is 13.1. The molecule has 0 bridgehead atoms. The number of anilines is 1. The van der Waals surface area contributed by atoms with Gasteiger partial charge in [0.1, 0.15) is 18.5 Å². The van der Waals surface area contributed by atoms with Crippen LogP contribution >= 0.6 is 28.8 Å². The largest absolute Gasteiger partial charge is 0.390 e. The number of rotatable bonds is 21. The number of terminal acetylenes is 1. The van der Waals surface area contributed by atoms with Crippen LogP contribution in [-0.4, -0.2) is 138 Å². The fourth-order valence-corrected chi connectivity index (χ4v) is 6.03. The third-order valence-corrected chi connectivity index (χ3v) is 9.17. The topological polar surface area (TPSA) is 192 Å². The number of carbonyl (C=O) groups is 1. The first kappa shape index (κ1) is 39.6. The van der Waals surface area contributed by atoms with Crippen molar-refractivity contribution in [3.05, 3.63) is 11.5 Å². The van der Waals surface area contributed by atoms with Gasteiger partial charge in [0.2, 0.25) is 11.7 Å². The van der Waals surface area contributed by atoms with Crippen molar-refractivity contribution in [2.45, 2.75) is 44.1 Å². The number of carbonyl (C=O) groups excluding carboxylic acids is 1. The average Bonchev–Trinajstić information content (AvgIpc) is 3.67. The lowest BCUT2D eigenvalue weighted by atomic mass is 10.1. The van der Waals surface area contributed by atoms with Gasteiger partial charge >= 0.3 is 0 Å². The van der Waals surface area contributed by atoms with E-state index in [0.29, 0.717) is 77.9 Å². The Morgan fingerprint density at radius 2 is 1.79 bits per heavy atom. The molecule has 2 aromatic rings. The second-order valence-electron chi connectivity index (χ2n) is 10.3. The molecule has 4 rings (SSSR count). The second kappa shape index (κ2) is 23.5. The Morgan fingerprint density at radius 3 is 2.45 bits per heavy atom. The standard InChI is InChI=1S/C16H24ClN5O5P2.C12H21NO5/c17-16-19-14(21-4-2-1-3-5-21)10-7-18-22(15(10)20-16)13-6-11(23)12(27-13)8-26-29(25)9-28-24;1-2-4-15-6-8-17-10-11-18-9-7-16-5-3-13-12-14/h7,11-13,23-25,28H,1-6,8-9H2;1,12H,3-11H2,(H,13,14)/t11-,12?,13?,29?;/m0./s1. The molecule has 0 aliphatic carbocycles. The van der Waals surface area contributed by atoms with Crippen LogP contribution in [0.25, 0.3) is 11.0 Å². The number of hydrogen-bond acceptors (Lipinski definition) is 14. The summed E-state index contributed by atoms with van der Waals surface area (Å²) < 4.78 is 33.5. The van der Waals surface area contributed by atoms with Gasteiger partial charge in [-0.2, -0.15) is 15.1 Å². The van der Waals surface area contributed by atoms with Crippen LogP contribution in [0.2, 0.25) is 5.28 Å². The van der Waals surface area contributed by atoms with Crippen molar-refractivity contribution >= 4 is 52.0 Å². The van der Waals surface area contributed by atoms with Crippen LogP contribution in [0.4, 0.5) is 5.82 Å². The number of hydrogen-bond donors (Lipinski definition) is 4. The molecule has 47 heavy (non-hydrogen) atoms. The number of ether oxygens (including phenoxy) is 5. The summed E-state index contributed by atoms with van der Waals surface area (Å²) in [4.78, 5) is 39.4. The molecule has 2 aliphatic rings. The minimum atomic E-state index is -1.71. The van der Waals surface area contributed by atoms with E-state index >= 15 is 0 Å². The quantitative estimate of drug-likeness (QED) is 0.0475. The van der Waals surface area contributed by atoms with Gasteiger partial charge in [-0.25, -0.2) is 4.68 Å². The number of halogens is 1. The molecule has 4 heterocycles. The summed E-state index contributed by atoms with van der Waals surface area (Å²) in [5.74, 6) is 3.34. The molecule has 0 spiro atoms. The van der Waals surface area contributed by atoms with Gasteiger partial charge in [0.25, 0.3) is 0 Å². The summed E-state index contributed by atoms with van der Waals surface area (Å²) in [7, 11) is -2.09. The van der Waals surface area contributed by atoms with Crippen molar-refractivity contribution in [3.8, 4) is 12.3 Å². The minimum absolute atomic E-state index is 0.0400. The molecule has 2 fully saturated rings. The minimum Gasteiger partial charge on any atom is -0.390 e. The van der Waals surface area contributed by atoms with Gasteiger partial charge in [0.05, 0.1) is 76.4 Å². The van der Waals surface area contributed by atoms with Crippen LogP contribution in [0.1, 0.15) is 31.9 Å². The molecule has 0 radical (unpaired) electrons. The number of aliphatic hydroxyl groups excluding tert-OH is 1. The number of aromatic nitrogens is 4. The first-order chi connectivity index (χ1) is 23.0. The SMILES string of the molecule is C#CCOCCOCCOCCOCCNC=O.OPCP(O)OCC1OC(n2ncc3c(N4CCCCC4)nc(Cl)nc32)C[C@@H]1O. The number of piperidine rings is 1. The van der Waals surface area contributed by atoms with E-state index in [0.717, 1.165) is 37.1 Å². The third-order valence-electron chi connectivity index (χ3n) is 6.91. The molecule has 0 aromatic carbocycles. The smallest absolute Gasteiger partial charge is 0.226 e. The monoisotopic (exact) mass is 722 g/mol. The van der Waals surface area contributed by atoms with Crippen molar-refractivity contribution in [3.63, 3.8) is 0 Å². The van der Waals surface area contributed by atoms with E-state index in [-0.39, 0.29) is 26.6 Å². The normalized spacial score (nSPS) is 20.3. The van der Waals surface area contributed by atoms with E-state index in [9.17, 15) is 14.8 Å². The number of nitrogens with one attached hydrogen (secondary N) is 1. The highest BCUT2D eigenvalue weighted by Crippen LogP contribution is 2.39. The predicted molar refractivity (Wildman–Crippen MR) is 178 cm³/mol. The Kier molecular flexibility index (Phi) is 19.8. The first-order valence-corrected chi connectivity index (χ1v) is 18.3. The van der Waals surface area contributed by atoms with E-state index in [4.69, 9.17) is 51.1 Å². The molecule has 2 saturated heterocycles. The van der Waals surface area contributed by atoms with Crippen LogP contribution in [0.15, 0.2) is 6.20 Å². The highest BCUT2D eigenvalue weighted by molar-refractivity contribution is 7.58. The summed E-state index contributed by atoms with van der Waals surface area (Å²) in [6.07, 6.45) is 9.22. The number of nitrogens with zero attached hydrogens (tertiary/aromatic N) is 5. The summed E-state index contributed by atoms with van der Waals surface area (Å²) >= 11 is 6.20. The van der Waals surface area contributed by atoms with Crippen molar-refractivity contribution in [2.24, 2.45) is 0 Å². The zero-order valence-corrected chi connectivity index (χ0v) is 28.9. The fourth-order valence-electron chi connectivity index (χ4n) is 4.70. The summed E-state index contributed by atoms with van der Waals surface area (Å²) in [5, 5.41) is 18.2. The average molecular weight is 723 g/mol. The summed E-state index contributed by atoms with van der Waals surface area (Å²) in [5.41, 5.74) is 0.565. The molecule has 0 saturated carbocycles. The molecular formula is C28H45ClN6O10P2. The molecule has 1 amide bonds. The van der Waals surface area contributed by atoms with Crippen LogP contribution < -0.4 is 10.2 Å². The molecule has 2 aliphatic heterocycles. The van der Waals surface area contributed by atoms with Gasteiger partial charge in [0.15, 0.2) is 20.3 Å². The van der Waals surface area contributed by atoms with Crippen molar-refractivity contribution in [1.82, 2.24) is 25.1 Å². The molecule has 16 nitrogen and oxygen atoms in total. The molecule has 2 aromatic heterocycles. The number of fused-ring (bicyclic) bond motifs is 1. The zero-order chi connectivity index (χ0) is 33.7. The molecule has 264 valence electrons. The number of amides is 1. The molecule has 4 unspecified atom stereocenters. The van der Waals surface area contributed by atoms with Gasteiger partial charge in [-0.15, -0.1) is 6.42 Å². The van der Waals surface area contributed by atoms with Crippen molar-refractivity contribution in [2.75, 3.05) is 89.9 Å². The van der Waals surface area contributed by atoms with Crippen LogP contribution in [-0.2, 0) is 33.0 Å². The van der Waals surface area contributed by atoms with Gasteiger partial charge in [-0.05, 0) is 30.9 Å². The van der Waals surface area contributed by atoms with Crippen molar-refractivity contribution < 1.29 is 47.9 Å². The maximum absolute atomic E-state index is 10.4. The van der Waals surface area contributed by atoms with Gasteiger partial charge in [-0.3, -0.25) is 4.79 Å². The van der Waals surface area contributed by atoms with Crippen LogP contribution in [0.5, 0.6) is 0 Å². The van der Waals surface area contributed by atoms with Gasteiger partial charge in [-0.1, -0.05) is 5.92 Å². The number of aliphatic hydroxyl groups is 1. The summed E-state index contributed by atoms with van der Waals surface area (Å²) in [6, 6.07) is 0. The van der Waals surface area contributed by atoms with Crippen molar-refractivity contribution in [1.29, 1.82) is 0 Å². The van der Waals surface area contributed by atoms with E-state index < -0.39 is 26.8 Å². The highest BCUT2D eigenvalue weighted by atomic mass is 35.5. The Labute approximate surface area is 282 Å². The molecule has 5 atom stereocenters. The Morgan fingerprint density at radius 1 is 1.11 bits per heavy atom. The zero-order valence-electron chi connectivity index (χ0n) is 26.2. The Bertz CT molecular complexity index is 1210. The Hall–Kier alpha value is -1.83. The Balaban J connectivity index is 0.000000290. The van der Waals surface area contributed by atoms with Gasteiger partial charge < -0.3 is 53.3 Å². The first-order valence-electron chi connectivity index (χ1n) is 15.4. The molecule has 4 N–H and O–H groups in total. The van der Waals surface area contributed by atoms with Gasteiger partial charge in [0, 0.05) is 34.9 Å². The third kappa shape index (κ3) is 14.3. The maximum Gasteiger partial charge on any atom is 0.226 e. The molecule has 19 heteroatoms. The lowest BCUT2D eigenvalue weighted by molar-refractivity contribution is -0.109. The lowest BCUT2D eigenvalue weighted by Gasteiger charge is -2.28.